The summed E-state index contributed by atoms with van der Waals surface area (Å²) in [6.07, 6.45) is 0. The van der Waals surface area contributed by atoms with Gasteiger partial charge in [-0.1, -0.05) is 11.8 Å². The molecule has 0 aromatic carbocycles. The van der Waals surface area contributed by atoms with Gasteiger partial charge in [0.05, 0.1) is 19.3 Å². The lowest BCUT2D eigenvalue weighted by atomic mass is 10.5. The summed E-state index contributed by atoms with van der Waals surface area (Å²) in [6.45, 7) is 3.60. The van der Waals surface area contributed by atoms with Crippen LogP contribution in [0.5, 0.6) is 0 Å². The fraction of sp³-hybridized carbons (Fsp3) is 1.00. The lowest BCUT2D eigenvalue weighted by molar-refractivity contribution is 0.0765. The smallest absolute Gasteiger partial charge is 0.0597 e. The standard InChI is InChI=1S/C4H10NOPS2/c8-7(9)5-1-3-6-4-2-5/h7H,1-4H2,(H,8,9). The Morgan fingerprint density at radius 3 is 2.33 bits per heavy atom. The predicted molar refractivity (Wildman–Crippen MR) is 47.1 cm³/mol. The van der Waals surface area contributed by atoms with E-state index in [-0.39, 0.29) is 0 Å². The Hall–Kier alpha value is 0.920. The van der Waals surface area contributed by atoms with E-state index in [4.69, 9.17) is 16.5 Å². The molecule has 0 aromatic heterocycles. The highest BCUT2D eigenvalue weighted by Crippen LogP contribution is 2.31. The van der Waals surface area contributed by atoms with Crippen molar-refractivity contribution in [1.82, 2.24) is 4.67 Å². The number of nitrogens with zero attached hydrogens (tertiary/aromatic N) is 1. The minimum atomic E-state index is -0.904. The van der Waals surface area contributed by atoms with E-state index >= 15 is 0 Å². The second-order valence-electron chi connectivity index (χ2n) is 1.88. The highest BCUT2D eigenvalue weighted by Gasteiger charge is 2.09. The highest BCUT2D eigenvalue weighted by molar-refractivity contribution is 8.55. The third-order valence-corrected chi connectivity index (χ3v) is 3.89. The summed E-state index contributed by atoms with van der Waals surface area (Å²) in [6, 6.07) is -0.904. The first-order chi connectivity index (χ1) is 4.30. The van der Waals surface area contributed by atoms with Crippen molar-refractivity contribution in [2.24, 2.45) is 0 Å². The molecule has 0 spiro atoms. The van der Waals surface area contributed by atoms with E-state index in [1.165, 1.54) is 0 Å². The highest BCUT2D eigenvalue weighted by atomic mass is 32.9. The fourth-order valence-electron chi connectivity index (χ4n) is 0.755. The molecular weight excluding hydrogens is 173 g/mol. The number of thiol groups is 1. The lowest BCUT2D eigenvalue weighted by Gasteiger charge is -2.25. The van der Waals surface area contributed by atoms with Gasteiger partial charge in [0, 0.05) is 13.1 Å². The van der Waals surface area contributed by atoms with Gasteiger partial charge in [-0.15, -0.1) is 12.2 Å². The Bertz CT molecular complexity index is 115. The summed E-state index contributed by atoms with van der Waals surface area (Å²) < 4.78 is 7.36. The molecule has 0 aliphatic carbocycles. The third-order valence-electron chi connectivity index (χ3n) is 1.28. The SMILES string of the molecule is S=[PH](S)N1CCOCC1. The maximum absolute atomic E-state index is 5.14. The summed E-state index contributed by atoms with van der Waals surface area (Å²) in [5.74, 6) is 0. The van der Waals surface area contributed by atoms with Crippen molar-refractivity contribution >= 4 is 30.1 Å². The van der Waals surface area contributed by atoms with Crippen molar-refractivity contribution in [1.29, 1.82) is 0 Å². The Morgan fingerprint density at radius 1 is 1.44 bits per heavy atom. The molecule has 0 radical (unpaired) electrons. The molecule has 54 valence electrons. The van der Waals surface area contributed by atoms with E-state index < -0.39 is 6.05 Å². The van der Waals surface area contributed by atoms with Crippen molar-refractivity contribution in [2.75, 3.05) is 26.3 Å². The number of hydrogen-bond acceptors (Lipinski definition) is 2. The maximum atomic E-state index is 5.14. The largest absolute Gasteiger partial charge is 0.379 e. The van der Waals surface area contributed by atoms with Gasteiger partial charge in [-0.25, -0.2) is 0 Å². The van der Waals surface area contributed by atoms with Gasteiger partial charge < -0.3 is 4.74 Å². The molecule has 0 aromatic rings. The van der Waals surface area contributed by atoms with Crippen molar-refractivity contribution in [3.05, 3.63) is 0 Å². The molecule has 0 bridgehead atoms. The van der Waals surface area contributed by atoms with E-state index in [1.807, 2.05) is 0 Å². The number of morpholine rings is 1. The Balaban J connectivity index is 2.31. The van der Waals surface area contributed by atoms with Crippen LogP contribution in [0.2, 0.25) is 0 Å². The zero-order valence-electron chi connectivity index (χ0n) is 5.04. The topological polar surface area (TPSA) is 12.5 Å². The predicted octanol–water partition coefficient (Wildman–Crippen LogP) is 0.755. The van der Waals surface area contributed by atoms with Crippen LogP contribution in [0.1, 0.15) is 0 Å². The van der Waals surface area contributed by atoms with Gasteiger partial charge in [0.15, 0.2) is 0 Å². The second kappa shape index (κ2) is 3.94. The first-order valence-electron chi connectivity index (χ1n) is 2.86. The van der Waals surface area contributed by atoms with Crippen molar-refractivity contribution in [3.8, 4) is 0 Å². The van der Waals surface area contributed by atoms with Gasteiger partial charge in [0.25, 0.3) is 0 Å². The summed E-state index contributed by atoms with van der Waals surface area (Å²) in [5.41, 5.74) is 0. The average molecular weight is 183 g/mol. The third kappa shape index (κ3) is 2.56. The van der Waals surface area contributed by atoms with Crippen LogP contribution in [0, 0.1) is 0 Å². The Kier molecular flexibility index (Phi) is 3.51. The molecule has 2 nitrogen and oxygen atoms in total. The molecule has 1 atom stereocenters. The van der Waals surface area contributed by atoms with Crippen LogP contribution in [-0.4, -0.2) is 31.0 Å². The van der Waals surface area contributed by atoms with Gasteiger partial charge in [-0.3, -0.25) is 4.67 Å². The average Bonchev–Trinajstić information content (AvgIpc) is 1.90. The molecule has 5 heteroatoms. The van der Waals surface area contributed by atoms with E-state index in [9.17, 15) is 0 Å². The normalized spacial score (nSPS) is 25.9. The van der Waals surface area contributed by atoms with Crippen LogP contribution in [0.3, 0.4) is 0 Å². The molecule has 1 rings (SSSR count). The van der Waals surface area contributed by atoms with Crippen LogP contribution >= 0.6 is 18.3 Å². The zero-order valence-corrected chi connectivity index (χ0v) is 7.75. The molecule has 1 heterocycles. The van der Waals surface area contributed by atoms with Gasteiger partial charge in [0.1, 0.15) is 0 Å². The molecule has 0 amide bonds. The van der Waals surface area contributed by atoms with Crippen LogP contribution in [0.15, 0.2) is 0 Å². The van der Waals surface area contributed by atoms with E-state index in [0.29, 0.717) is 0 Å². The number of rotatable bonds is 1. The van der Waals surface area contributed by atoms with Crippen LogP contribution in [0.4, 0.5) is 0 Å². The monoisotopic (exact) mass is 183 g/mol. The van der Waals surface area contributed by atoms with Crippen LogP contribution in [-0.2, 0) is 16.5 Å². The van der Waals surface area contributed by atoms with Gasteiger partial charge in [0.2, 0.25) is 0 Å². The van der Waals surface area contributed by atoms with Gasteiger partial charge in [-0.2, -0.15) is 0 Å². The molecule has 0 N–H and O–H groups in total. The first kappa shape index (κ1) is 8.02. The number of hydrogen-bond donors (Lipinski definition) is 1. The fourth-order valence-corrected chi connectivity index (χ4v) is 2.47. The van der Waals surface area contributed by atoms with Crippen LogP contribution < -0.4 is 0 Å². The minimum absolute atomic E-state index is 0.825. The Morgan fingerprint density at radius 2 is 2.00 bits per heavy atom. The van der Waals surface area contributed by atoms with Crippen molar-refractivity contribution in [3.63, 3.8) is 0 Å². The second-order valence-corrected chi connectivity index (χ2v) is 6.42. The summed E-state index contributed by atoms with van der Waals surface area (Å²) in [7, 11) is 0. The van der Waals surface area contributed by atoms with Gasteiger partial charge in [-0.05, 0) is 0 Å². The van der Waals surface area contributed by atoms with Crippen molar-refractivity contribution in [2.45, 2.75) is 0 Å². The summed E-state index contributed by atoms with van der Waals surface area (Å²) in [5, 5.41) is 0. The number of ether oxygens (including phenoxy) is 1. The van der Waals surface area contributed by atoms with E-state index in [1.54, 1.807) is 0 Å². The maximum Gasteiger partial charge on any atom is 0.0597 e. The molecule has 1 aliphatic heterocycles. The molecule has 1 fully saturated rings. The quantitative estimate of drug-likeness (QED) is 0.476. The lowest BCUT2D eigenvalue weighted by Crippen LogP contribution is -2.29. The minimum Gasteiger partial charge on any atom is -0.379 e. The van der Waals surface area contributed by atoms with E-state index in [2.05, 4.69) is 16.9 Å². The molecule has 9 heavy (non-hydrogen) atoms. The molecule has 0 saturated carbocycles. The Labute approximate surface area is 66.2 Å². The molecule has 1 unspecified atom stereocenters. The van der Waals surface area contributed by atoms with Crippen molar-refractivity contribution < 1.29 is 4.74 Å². The first-order valence-corrected chi connectivity index (χ1v) is 6.73. The molecule has 1 aliphatic rings. The van der Waals surface area contributed by atoms with E-state index in [0.717, 1.165) is 26.3 Å². The zero-order chi connectivity index (χ0) is 6.69. The molecular formula is C4H10NOPS2. The van der Waals surface area contributed by atoms with Crippen LogP contribution in [0.25, 0.3) is 0 Å². The summed E-state index contributed by atoms with van der Waals surface area (Å²) in [4.78, 5) is 0. The molecule has 1 saturated heterocycles. The van der Waals surface area contributed by atoms with Gasteiger partial charge >= 0.3 is 0 Å². The summed E-state index contributed by atoms with van der Waals surface area (Å²) >= 11 is 9.26.